The Morgan fingerprint density at radius 1 is 1.21 bits per heavy atom. The van der Waals surface area contributed by atoms with E-state index in [2.05, 4.69) is 10.6 Å². The van der Waals surface area contributed by atoms with Crippen molar-refractivity contribution in [2.24, 2.45) is 0 Å². The number of nitrogens with one attached hydrogen (secondary N) is 2. The van der Waals surface area contributed by atoms with Crippen molar-refractivity contribution in [3.8, 4) is 5.75 Å². The number of benzene rings is 1. The van der Waals surface area contributed by atoms with Crippen LogP contribution < -0.4 is 15.4 Å². The highest BCUT2D eigenvalue weighted by Gasteiger charge is 2.15. The number of rotatable bonds is 7. The van der Waals surface area contributed by atoms with E-state index < -0.39 is 0 Å². The smallest absolute Gasteiger partial charge is 0.236 e. The maximum Gasteiger partial charge on any atom is 0.236 e. The Morgan fingerprint density at radius 3 is 2.37 bits per heavy atom. The minimum absolute atomic E-state index is 0.0280. The Morgan fingerprint density at radius 2 is 1.84 bits per heavy atom. The lowest BCUT2D eigenvalue weighted by molar-refractivity contribution is -0.122. The molecule has 2 atom stereocenters. The molecule has 0 aromatic heterocycles. The molecule has 1 aromatic rings. The van der Waals surface area contributed by atoms with Gasteiger partial charge in [-0.3, -0.25) is 10.1 Å². The summed E-state index contributed by atoms with van der Waals surface area (Å²) in [7, 11) is 0. The zero-order valence-electron chi connectivity index (χ0n) is 12.2. The summed E-state index contributed by atoms with van der Waals surface area (Å²) in [5.41, 5.74) is 1.14. The molecule has 4 nitrogen and oxygen atoms in total. The number of ether oxygens (including phenoxy) is 1. The maximum atomic E-state index is 11.7. The molecule has 0 radical (unpaired) electrons. The van der Waals surface area contributed by atoms with Gasteiger partial charge in [-0.15, -0.1) is 0 Å². The number of amides is 1. The lowest BCUT2D eigenvalue weighted by Gasteiger charge is -2.20. The van der Waals surface area contributed by atoms with Gasteiger partial charge in [0.05, 0.1) is 12.6 Å². The second-order valence-electron chi connectivity index (χ2n) is 4.51. The van der Waals surface area contributed by atoms with Gasteiger partial charge in [0.25, 0.3) is 0 Å². The molecule has 1 aromatic carbocycles. The molecule has 0 spiro atoms. The fraction of sp³-hybridized carbons (Fsp3) is 0.533. The van der Waals surface area contributed by atoms with Gasteiger partial charge in [-0.25, -0.2) is 0 Å². The Kier molecular flexibility index (Phi) is 6.36. The molecule has 0 aliphatic heterocycles. The number of carbonyl (C=O) groups is 1. The van der Waals surface area contributed by atoms with Crippen LogP contribution in [0.25, 0.3) is 0 Å². The summed E-state index contributed by atoms with van der Waals surface area (Å²) < 4.78 is 5.41. The first kappa shape index (κ1) is 15.5. The van der Waals surface area contributed by atoms with Crippen LogP contribution in [0.15, 0.2) is 24.3 Å². The normalized spacial score (nSPS) is 13.7. The summed E-state index contributed by atoms with van der Waals surface area (Å²) in [5, 5.41) is 6.09. The van der Waals surface area contributed by atoms with Crippen LogP contribution in [0.4, 0.5) is 0 Å². The van der Waals surface area contributed by atoms with Crippen LogP contribution in [0.1, 0.15) is 39.3 Å². The topological polar surface area (TPSA) is 50.4 Å². The molecule has 4 heteroatoms. The van der Waals surface area contributed by atoms with Crippen LogP contribution in [0.3, 0.4) is 0 Å². The van der Waals surface area contributed by atoms with E-state index in [0.717, 1.165) is 11.3 Å². The lowest BCUT2D eigenvalue weighted by atomic mass is 10.1. The highest BCUT2D eigenvalue weighted by atomic mass is 16.5. The molecule has 0 fully saturated rings. The molecule has 0 heterocycles. The van der Waals surface area contributed by atoms with Crippen LogP contribution in [0.5, 0.6) is 5.75 Å². The van der Waals surface area contributed by atoms with Crippen molar-refractivity contribution >= 4 is 5.91 Å². The summed E-state index contributed by atoms with van der Waals surface area (Å²) in [6.07, 6.45) is 0. The van der Waals surface area contributed by atoms with E-state index in [4.69, 9.17) is 4.74 Å². The standard InChI is InChI=1S/C15H24N2O2/c1-5-16-15(18)12(4)17-11(3)13-7-9-14(10-8-13)19-6-2/h7-12,17H,5-6H2,1-4H3,(H,16,18). The average Bonchev–Trinajstić information content (AvgIpc) is 2.40. The van der Waals surface area contributed by atoms with Gasteiger partial charge in [0.2, 0.25) is 5.91 Å². The highest BCUT2D eigenvalue weighted by Crippen LogP contribution is 2.18. The summed E-state index contributed by atoms with van der Waals surface area (Å²) in [6, 6.07) is 7.86. The van der Waals surface area contributed by atoms with E-state index in [-0.39, 0.29) is 18.0 Å². The van der Waals surface area contributed by atoms with Crippen molar-refractivity contribution in [3.63, 3.8) is 0 Å². The first-order chi connectivity index (χ1) is 9.08. The van der Waals surface area contributed by atoms with Crippen molar-refractivity contribution in [1.82, 2.24) is 10.6 Å². The fourth-order valence-electron chi connectivity index (χ4n) is 1.89. The van der Waals surface area contributed by atoms with Gasteiger partial charge < -0.3 is 10.1 Å². The number of hydrogen-bond acceptors (Lipinski definition) is 3. The number of hydrogen-bond donors (Lipinski definition) is 2. The summed E-state index contributed by atoms with van der Waals surface area (Å²) in [4.78, 5) is 11.7. The van der Waals surface area contributed by atoms with Crippen molar-refractivity contribution < 1.29 is 9.53 Å². The predicted octanol–water partition coefficient (Wildman–Crippen LogP) is 2.26. The molecular formula is C15H24N2O2. The molecule has 2 unspecified atom stereocenters. The Hall–Kier alpha value is -1.55. The molecule has 0 saturated carbocycles. The van der Waals surface area contributed by atoms with Gasteiger partial charge in [0.1, 0.15) is 5.75 Å². The van der Waals surface area contributed by atoms with Crippen LogP contribution in [-0.2, 0) is 4.79 Å². The molecule has 0 bridgehead atoms. The van der Waals surface area contributed by atoms with Gasteiger partial charge >= 0.3 is 0 Å². The second kappa shape index (κ2) is 7.79. The summed E-state index contributed by atoms with van der Waals surface area (Å²) >= 11 is 0. The predicted molar refractivity (Wildman–Crippen MR) is 77.3 cm³/mol. The Bertz CT molecular complexity index is 390. The SMILES string of the molecule is CCNC(=O)C(C)NC(C)c1ccc(OCC)cc1. The van der Waals surface area contributed by atoms with E-state index in [1.807, 2.05) is 52.0 Å². The second-order valence-corrected chi connectivity index (χ2v) is 4.51. The van der Waals surface area contributed by atoms with E-state index in [1.165, 1.54) is 0 Å². The summed E-state index contributed by atoms with van der Waals surface area (Å²) in [5.74, 6) is 0.899. The van der Waals surface area contributed by atoms with Crippen LogP contribution in [-0.4, -0.2) is 25.1 Å². The molecule has 19 heavy (non-hydrogen) atoms. The van der Waals surface area contributed by atoms with Crippen molar-refractivity contribution in [3.05, 3.63) is 29.8 Å². The molecular weight excluding hydrogens is 240 g/mol. The number of carbonyl (C=O) groups excluding carboxylic acids is 1. The monoisotopic (exact) mass is 264 g/mol. The zero-order valence-corrected chi connectivity index (χ0v) is 12.2. The van der Waals surface area contributed by atoms with Crippen molar-refractivity contribution in [2.45, 2.75) is 39.8 Å². The van der Waals surface area contributed by atoms with E-state index in [9.17, 15) is 4.79 Å². The molecule has 2 N–H and O–H groups in total. The highest BCUT2D eigenvalue weighted by molar-refractivity contribution is 5.81. The van der Waals surface area contributed by atoms with Crippen LogP contribution >= 0.6 is 0 Å². The molecule has 0 saturated heterocycles. The van der Waals surface area contributed by atoms with Crippen LogP contribution in [0.2, 0.25) is 0 Å². The first-order valence-electron chi connectivity index (χ1n) is 6.85. The third-order valence-corrected chi connectivity index (χ3v) is 2.94. The molecule has 0 aliphatic carbocycles. The van der Waals surface area contributed by atoms with Gasteiger partial charge in [-0.05, 0) is 45.4 Å². The number of likely N-dealkylation sites (N-methyl/N-ethyl adjacent to an activating group) is 1. The Labute approximate surface area is 115 Å². The van der Waals surface area contributed by atoms with E-state index in [0.29, 0.717) is 13.2 Å². The molecule has 106 valence electrons. The van der Waals surface area contributed by atoms with Gasteiger partial charge in [0, 0.05) is 12.6 Å². The largest absolute Gasteiger partial charge is 0.494 e. The molecule has 1 rings (SSSR count). The minimum atomic E-state index is -0.207. The fourth-order valence-corrected chi connectivity index (χ4v) is 1.89. The van der Waals surface area contributed by atoms with E-state index in [1.54, 1.807) is 0 Å². The quantitative estimate of drug-likeness (QED) is 0.794. The van der Waals surface area contributed by atoms with Gasteiger partial charge in [-0.1, -0.05) is 12.1 Å². The molecule has 0 aliphatic rings. The van der Waals surface area contributed by atoms with E-state index >= 15 is 0 Å². The molecule has 1 amide bonds. The third-order valence-electron chi connectivity index (χ3n) is 2.94. The lowest BCUT2D eigenvalue weighted by Crippen LogP contribution is -2.42. The third kappa shape index (κ3) is 4.91. The average molecular weight is 264 g/mol. The minimum Gasteiger partial charge on any atom is -0.494 e. The maximum absolute atomic E-state index is 11.7. The van der Waals surface area contributed by atoms with Crippen LogP contribution in [0, 0.1) is 0 Å². The Balaban J connectivity index is 2.57. The van der Waals surface area contributed by atoms with Crippen molar-refractivity contribution in [2.75, 3.05) is 13.2 Å². The first-order valence-corrected chi connectivity index (χ1v) is 6.85. The van der Waals surface area contributed by atoms with Crippen molar-refractivity contribution in [1.29, 1.82) is 0 Å². The summed E-state index contributed by atoms with van der Waals surface area (Å²) in [6.45, 7) is 9.12. The van der Waals surface area contributed by atoms with Gasteiger partial charge in [0.15, 0.2) is 0 Å². The van der Waals surface area contributed by atoms with Gasteiger partial charge in [-0.2, -0.15) is 0 Å². The zero-order chi connectivity index (χ0) is 14.3.